The number of carbonyl (C=O) groups excluding carboxylic acids is 1. The van der Waals surface area contributed by atoms with Gasteiger partial charge >= 0.3 is 12.1 Å². The third-order valence-electron chi connectivity index (χ3n) is 2.42. The van der Waals surface area contributed by atoms with E-state index in [1.165, 1.54) is 0 Å². The van der Waals surface area contributed by atoms with Crippen molar-refractivity contribution in [3.8, 4) is 0 Å². The van der Waals surface area contributed by atoms with Gasteiger partial charge in [-0.15, -0.1) is 0 Å². The van der Waals surface area contributed by atoms with Gasteiger partial charge < -0.3 is 15.2 Å². The van der Waals surface area contributed by atoms with E-state index in [0.717, 1.165) is 0 Å². The lowest BCUT2D eigenvalue weighted by atomic mass is 10.0. The van der Waals surface area contributed by atoms with Crippen LogP contribution in [0.3, 0.4) is 0 Å². The number of rotatable bonds is 4. The summed E-state index contributed by atoms with van der Waals surface area (Å²) in [5, 5.41) is 12.0. The van der Waals surface area contributed by atoms with Crippen LogP contribution >= 0.6 is 27.5 Å². The second kappa shape index (κ2) is 7.13. The molecule has 5 nitrogen and oxygen atoms in total. The topological polar surface area (TPSA) is 75.6 Å². The van der Waals surface area contributed by atoms with Crippen molar-refractivity contribution in [1.82, 2.24) is 5.32 Å². The summed E-state index contributed by atoms with van der Waals surface area (Å²) >= 11 is 9.26. The number of ether oxygens (including phenoxy) is 1. The van der Waals surface area contributed by atoms with Crippen molar-refractivity contribution >= 4 is 39.6 Å². The number of carboxylic acid groups (broad SMARTS) is 1. The van der Waals surface area contributed by atoms with E-state index < -0.39 is 23.7 Å². The fraction of sp³-hybridized carbons (Fsp3) is 0.429. The lowest BCUT2D eigenvalue weighted by molar-refractivity contribution is -0.137. The van der Waals surface area contributed by atoms with Crippen LogP contribution in [0.5, 0.6) is 0 Å². The first-order valence-electron chi connectivity index (χ1n) is 6.25. The molecule has 0 unspecified atom stereocenters. The third kappa shape index (κ3) is 6.35. The molecule has 0 spiro atoms. The Kier molecular flexibility index (Phi) is 6.04. The number of hydrogen-bond donors (Lipinski definition) is 2. The minimum atomic E-state index is -1.03. The van der Waals surface area contributed by atoms with Gasteiger partial charge in [-0.2, -0.15) is 0 Å². The predicted octanol–water partition coefficient (Wildman–Crippen LogP) is 4.14. The molecule has 1 atom stereocenters. The Morgan fingerprint density at radius 1 is 1.43 bits per heavy atom. The molecule has 0 bridgehead atoms. The normalized spacial score (nSPS) is 12.6. The van der Waals surface area contributed by atoms with Crippen LogP contribution in [-0.4, -0.2) is 22.8 Å². The Hall–Kier alpha value is -1.27. The van der Waals surface area contributed by atoms with Gasteiger partial charge in [-0.25, -0.2) is 4.79 Å². The summed E-state index contributed by atoms with van der Waals surface area (Å²) in [6.45, 7) is 5.19. The third-order valence-corrected chi connectivity index (χ3v) is 3.65. The van der Waals surface area contributed by atoms with E-state index in [-0.39, 0.29) is 6.42 Å². The maximum absolute atomic E-state index is 11.8. The fourth-order valence-electron chi connectivity index (χ4n) is 1.61. The summed E-state index contributed by atoms with van der Waals surface area (Å²) in [4.78, 5) is 22.8. The molecule has 21 heavy (non-hydrogen) atoms. The lowest BCUT2D eigenvalue weighted by Gasteiger charge is -2.23. The molecule has 0 aliphatic rings. The maximum atomic E-state index is 11.8. The number of aliphatic carboxylic acids is 1. The fourth-order valence-corrected chi connectivity index (χ4v) is 2.04. The van der Waals surface area contributed by atoms with E-state index >= 15 is 0 Å². The molecular weight excluding hydrogens is 362 g/mol. The van der Waals surface area contributed by atoms with Crippen molar-refractivity contribution in [2.24, 2.45) is 0 Å². The number of carboxylic acids is 1. The number of carbonyl (C=O) groups is 2. The molecule has 0 saturated heterocycles. The van der Waals surface area contributed by atoms with Gasteiger partial charge in [-0.3, -0.25) is 4.79 Å². The van der Waals surface area contributed by atoms with Gasteiger partial charge in [0.15, 0.2) is 0 Å². The first kappa shape index (κ1) is 17.8. The Morgan fingerprint density at radius 2 is 2.05 bits per heavy atom. The standard InChI is InChI=1S/C14H17BrClNO4/c1-14(2,3)21-13(20)17-11(7-12(18)19)8-4-5-9(15)10(16)6-8/h4-6,11H,7H2,1-3H3,(H,17,20)(H,18,19)/t11-/m0/s1. The molecule has 116 valence electrons. The minimum Gasteiger partial charge on any atom is -0.481 e. The van der Waals surface area contributed by atoms with Crippen LogP contribution in [0.2, 0.25) is 5.02 Å². The predicted molar refractivity (Wildman–Crippen MR) is 83.5 cm³/mol. The highest BCUT2D eigenvalue weighted by molar-refractivity contribution is 9.10. The van der Waals surface area contributed by atoms with Crippen LogP contribution in [0.4, 0.5) is 4.79 Å². The number of hydrogen-bond acceptors (Lipinski definition) is 3. The summed E-state index contributed by atoms with van der Waals surface area (Å²) in [7, 11) is 0. The van der Waals surface area contributed by atoms with Crippen LogP contribution in [0.1, 0.15) is 38.8 Å². The van der Waals surface area contributed by atoms with E-state index in [9.17, 15) is 9.59 Å². The highest BCUT2D eigenvalue weighted by Gasteiger charge is 2.22. The van der Waals surface area contributed by atoms with E-state index in [1.807, 2.05) is 0 Å². The molecule has 2 N–H and O–H groups in total. The van der Waals surface area contributed by atoms with Crippen LogP contribution in [-0.2, 0) is 9.53 Å². The maximum Gasteiger partial charge on any atom is 0.408 e. The Morgan fingerprint density at radius 3 is 2.52 bits per heavy atom. The highest BCUT2D eigenvalue weighted by atomic mass is 79.9. The van der Waals surface area contributed by atoms with E-state index in [1.54, 1.807) is 39.0 Å². The average molecular weight is 379 g/mol. The molecule has 1 aromatic carbocycles. The van der Waals surface area contributed by atoms with Crippen LogP contribution in [0.15, 0.2) is 22.7 Å². The zero-order valence-electron chi connectivity index (χ0n) is 11.9. The lowest BCUT2D eigenvalue weighted by Crippen LogP contribution is -2.35. The van der Waals surface area contributed by atoms with Gasteiger partial charge in [-0.1, -0.05) is 17.7 Å². The number of benzene rings is 1. The highest BCUT2D eigenvalue weighted by Crippen LogP contribution is 2.27. The monoisotopic (exact) mass is 377 g/mol. The molecule has 0 aromatic heterocycles. The summed E-state index contributed by atoms with van der Waals surface area (Å²) in [5.74, 6) is -1.03. The van der Waals surface area contributed by atoms with Gasteiger partial charge in [-0.05, 0) is 54.4 Å². The SMILES string of the molecule is CC(C)(C)OC(=O)N[C@@H](CC(=O)O)c1ccc(Br)c(Cl)c1. The molecule has 0 aliphatic heterocycles. The van der Waals surface area contributed by atoms with Gasteiger partial charge in [0.05, 0.1) is 17.5 Å². The summed E-state index contributed by atoms with van der Waals surface area (Å²) in [6, 6.07) is 4.28. The zero-order valence-corrected chi connectivity index (χ0v) is 14.3. The van der Waals surface area contributed by atoms with Crippen molar-refractivity contribution in [3.05, 3.63) is 33.3 Å². The van der Waals surface area contributed by atoms with Crippen LogP contribution in [0.25, 0.3) is 0 Å². The van der Waals surface area contributed by atoms with Gasteiger partial charge in [0.2, 0.25) is 0 Å². The molecular formula is C14H17BrClNO4. The second-order valence-corrected chi connectivity index (χ2v) is 6.73. The number of halogens is 2. The van der Waals surface area contributed by atoms with Crippen LogP contribution < -0.4 is 5.32 Å². The molecule has 1 rings (SSSR count). The zero-order chi connectivity index (χ0) is 16.2. The number of nitrogens with one attached hydrogen (secondary N) is 1. The van der Waals surface area contributed by atoms with Gasteiger partial charge in [0.1, 0.15) is 5.60 Å². The molecule has 1 amide bonds. The number of alkyl carbamates (subject to hydrolysis) is 1. The Bertz CT molecular complexity index is 542. The quantitative estimate of drug-likeness (QED) is 0.825. The van der Waals surface area contributed by atoms with E-state index in [2.05, 4.69) is 21.2 Å². The van der Waals surface area contributed by atoms with E-state index in [4.69, 9.17) is 21.4 Å². The van der Waals surface area contributed by atoms with Crippen molar-refractivity contribution in [1.29, 1.82) is 0 Å². The molecule has 0 aliphatic carbocycles. The Labute approximate surface area is 136 Å². The number of amides is 1. The average Bonchev–Trinajstić information content (AvgIpc) is 2.28. The first-order chi connectivity index (χ1) is 9.58. The largest absolute Gasteiger partial charge is 0.481 e. The van der Waals surface area contributed by atoms with Crippen LogP contribution in [0, 0.1) is 0 Å². The first-order valence-corrected chi connectivity index (χ1v) is 7.42. The smallest absolute Gasteiger partial charge is 0.408 e. The molecule has 0 saturated carbocycles. The molecule has 7 heteroatoms. The molecule has 1 aromatic rings. The van der Waals surface area contributed by atoms with Gasteiger partial charge in [0.25, 0.3) is 0 Å². The Balaban J connectivity index is 2.92. The van der Waals surface area contributed by atoms with Gasteiger partial charge in [0, 0.05) is 4.47 Å². The summed E-state index contributed by atoms with van der Waals surface area (Å²) in [5.41, 5.74) is -0.0636. The van der Waals surface area contributed by atoms with Crippen molar-refractivity contribution in [2.45, 2.75) is 38.8 Å². The minimum absolute atomic E-state index is 0.267. The van der Waals surface area contributed by atoms with Crippen molar-refractivity contribution < 1.29 is 19.4 Å². The van der Waals surface area contributed by atoms with Crippen molar-refractivity contribution in [3.63, 3.8) is 0 Å². The van der Waals surface area contributed by atoms with E-state index in [0.29, 0.717) is 15.1 Å². The molecule has 0 radical (unpaired) electrons. The summed E-state index contributed by atoms with van der Waals surface area (Å²) in [6.07, 6.45) is -0.940. The molecule has 0 fully saturated rings. The second-order valence-electron chi connectivity index (χ2n) is 5.47. The van der Waals surface area contributed by atoms with Crippen molar-refractivity contribution in [2.75, 3.05) is 0 Å². The summed E-state index contributed by atoms with van der Waals surface area (Å²) < 4.78 is 5.83. The molecule has 0 heterocycles.